The molecule has 0 unspecified atom stereocenters. The lowest BCUT2D eigenvalue weighted by Gasteiger charge is -2.19. The van der Waals surface area contributed by atoms with Crippen molar-refractivity contribution in [2.75, 3.05) is 0 Å². The minimum atomic E-state index is -5.88. The Labute approximate surface area is 156 Å². The first-order valence-corrected chi connectivity index (χ1v) is 7.77. The maximum atomic E-state index is 13.5. The summed E-state index contributed by atoms with van der Waals surface area (Å²) < 4.78 is 106. The van der Waals surface area contributed by atoms with Gasteiger partial charge in [-0.05, 0) is 6.92 Å². The van der Waals surface area contributed by atoms with E-state index in [2.05, 4.69) is 10.1 Å². The van der Waals surface area contributed by atoms with E-state index in [1.165, 1.54) is 24.7 Å². The molecule has 0 aliphatic rings. The molecule has 3 heterocycles. The molecule has 3 aromatic rings. The molecule has 14 heteroatoms. The van der Waals surface area contributed by atoms with Gasteiger partial charge >= 0.3 is 18.3 Å². The quantitative estimate of drug-likeness (QED) is 0.600. The predicted octanol–water partition coefficient (Wildman–Crippen LogP) is 3.42. The molecule has 0 spiro atoms. The summed E-state index contributed by atoms with van der Waals surface area (Å²) in [6, 6.07) is 0. The molecule has 158 valence electrons. The van der Waals surface area contributed by atoms with Crippen LogP contribution in [-0.2, 0) is 19.8 Å². The third kappa shape index (κ3) is 3.46. The van der Waals surface area contributed by atoms with E-state index in [9.17, 15) is 39.9 Å². The number of aromatic nitrogens is 5. The molecule has 0 N–H and O–H groups in total. The second-order valence-electron chi connectivity index (χ2n) is 6.27. The van der Waals surface area contributed by atoms with Gasteiger partial charge in [-0.15, -0.1) is 0 Å². The molecule has 3 rings (SSSR count). The molecule has 29 heavy (non-hydrogen) atoms. The van der Waals surface area contributed by atoms with Crippen LogP contribution in [0, 0.1) is 6.92 Å². The third-order valence-electron chi connectivity index (χ3n) is 4.21. The van der Waals surface area contributed by atoms with E-state index in [0.717, 1.165) is 4.40 Å². The van der Waals surface area contributed by atoms with E-state index in [1.807, 2.05) is 0 Å². The molecule has 0 bridgehead atoms. The first kappa shape index (κ1) is 20.8. The molecule has 6 nitrogen and oxygen atoms in total. The number of nitrogens with zero attached hydrogens (tertiary/aromatic N) is 5. The van der Waals surface area contributed by atoms with E-state index in [0.29, 0.717) is 18.1 Å². The summed E-state index contributed by atoms with van der Waals surface area (Å²) in [5, 5.41) is 3.25. The Morgan fingerprint density at radius 3 is 2.21 bits per heavy atom. The van der Waals surface area contributed by atoms with Gasteiger partial charge in [-0.3, -0.25) is 13.9 Å². The van der Waals surface area contributed by atoms with Crippen LogP contribution < -0.4 is 5.56 Å². The van der Waals surface area contributed by atoms with Crippen LogP contribution in [0.15, 0.2) is 23.4 Å². The summed E-state index contributed by atoms with van der Waals surface area (Å²) in [7, 11) is 1.38. The van der Waals surface area contributed by atoms with Crippen LogP contribution >= 0.6 is 0 Å². The van der Waals surface area contributed by atoms with E-state index >= 15 is 0 Å². The SMILES string of the molecule is Cc1cn2c(=O)c(-c3cnn(CC(F)(F)C(F)(F)F)c3)c(C(F)(F)F)nc2n1C. The molecule has 0 aliphatic carbocycles. The summed E-state index contributed by atoms with van der Waals surface area (Å²) >= 11 is 0. The predicted molar refractivity (Wildman–Crippen MR) is 82.4 cm³/mol. The molecule has 0 radical (unpaired) electrons. The first-order valence-electron chi connectivity index (χ1n) is 7.77. The second-order valence-corrected chi connectivity index (χ2v) is 6.27. The van der Waals surface area contributed by atoms with Crippen molar-refractivity contribution >= 4 is 5.78 Å². The first-order chi connectivity index (χ1) is 13.1. The number of fused-ring (bicyclic) bond motifs is 1. The van der Waals surface area contributed by atoms with Crippen molar-refractivity contribution in [2.45, 2.75) is 31.7 Å². The molecule has 0 amide bonds. The van der Waals surface area contributed by atoms with Crippen molar-refractivity contribution in [1.82, 2.24) is 23.7 Å². The van der Waals surface area contributed by atoms with Gasteiger partial charge in [0.25, 0.3) is 5.56 Å². The van der Waals surface area contributed by atoms with E-state index in [4.69, 9.17) is 0 Å². The molecule has 3 aromatic heterocycles. The maximum Gasteiger partial charge on any atom is 0.455 e. The topological polar surface area (TPSA) is 57.1 Å². The highest BCUT2D eigenvalue weighted by molar-refractivity contribution is 5.65. The Morgan fingerprint density at radius 1 is 1.03 bits per heavy atom. The zero-order valence-electron chi connectivity index (χ0n) is 14.6. The van der Waals surface area contributed by atoms with Crippen LogP contribution in [0.3, 0.4) is 0 Å². The summed E-state index contributed by atoms with van der Waals surface area (Å²) in [5.41, 5.74) is -3.98. The van der Waals surface area contributed by atoms with Gasteiger partial charge in [-0.25, -0.2) is 4.98 Å². The van der Waals surface area contributed by atoms with Gasteiger partial charge in [0, 0.05) is 30.7 Å². The average molecular weight is 429 g/mol. The summed E-state index contributed by atoms with van der Waals surface area (Å²) in [4.78, 5) is 16.1. The van der Waals surface area contributed by atoms with Gasteiger partial charge in [0.15, 0.2) is 5.69 Å². The zero-order chi connectivity index (χ0) is 21.9. The fraction of sp³-hybridized carbons (Fsp3) is 0.400. The largest absolute Gasteiger partial charge is 0.455 e. The van der Waals surface area contributed by atoms with Crippen molar-refractivity contribution in [3.63, 3.8) is 0 Å². The van der Waals surface area contributed by atoms with Gasteiger partial charge in [0.05, 0.1) is 11.8 Å². The lowest BCUT2D eigenvalue weighted by atomic mass is 10.1. The molecule has 0 saturated carbocycles. The number of hydrogen-bond donors (Lipinski definition) is 0. The number of imidazole rings is 1. The van der Waals surface area contributed by atoms with Gasteiger partial charge < -0.3 is 4.57 Å². The number of alkyl halides is 8. The highest BCUT2D eigenvalue weighted by Gasteiger charge is 2.57. The van der Waals surface area contributed by atoms with E-state index in [1.54, 1.807) is 0 Å². The Balaban J connectivity index is 2.19. The normalized spacial score (nSPS) is 13.4. The highest BCUT2D eigenvalue weighted by atomic mass is 19.4. The molecular formula is C15H11F8N5O. The molecule has 0 saturated heterocycles. The standard InChI is InChI=1S/C15H11F8N5O/c1-7-4-28-11(29)9(10(14(18,19)20)25-12(28)26(7)2)8-3-24-27(5-8)6-13(16,17)15(21,22)23/h3-5H,6H2,1-2H3. The molecule has 0 fully saturated rings. The number of halogens is 8. The van der Waals surface area contributed by atoms with Gasteiger partial charge in [0.2, 0.25) is 5.78 Å². The molecule has 0 aromatic carbocycles. The lowest BCUT2D eigenvalue weighted by Crippen LogP contribution is -2.40. The third-order valence-corrected chi connectivity index (χ3v) is 4.21. The molecular weight excluding hydrogens is 418 g/mol. The average Bonchev–Trinajstić information content (AvgIpc) is 3.11. The summed E-state index contributed by atoms with van der Waals surface area (Å²) in [5.74, 6) is -5.49. The number of rotatable bonds is 3. The van der Waals surface area contributed by atoms with Crippen molar-refractivity contribution in [2.24, 2.45) is 7.05 Å². The zero-order valence-corrected chi connectivity index (χ0v) is 14.6. The van der Waals surface area contributed by atoms with Crippen LogP contribution in [0.2, 0.25) is 0 Å². The monoisotopic (exact) mass is 429 g/mol. The number of hydrogen-bond acceptors (Lipinski definition) is 3. The van der Waals surface area contributed by atoms with Crippen LogP contribution in [0.4, 0.5) is 35.1 Å². The Morgan fingerprint density at radius 2 is 1.66 bits per heavy atom. The van der Waals surface area contributed by atoms with Gasteiger partial charge in [-0.2, -0.15) is 40.2 Å². The Kier molecular flexibility index (Phi) is 4.51. The highest BCUT2D eigenvalue weighted by Crippen LogP contribution is 2.37. The van der Waals surface area contributed by atoms with E-state index in [-0.39, 0.29) is 10.5 Å². The van der Waals surface area contributed by atoms with Crippen LogP contribution in [0.5, 0.6) is 0 Å². The van der Waals surface area contributed by atoms with Crippen molar-refractivity contribution in [3.05, 3.63) is 40.3 Å². The fourth-order valence-electron chi connectivity index (χ4n) is 2.64. The minimum Gasteiger partial charge on any atom is -0.317 e. The second kappa shape index (κ2) is 6.29. The van der Waals surface area contributed by atoms with Crippen molar-refractivity contribution < 1.29 is 35.1 Å². The van der Waals surface area contributed by atoms with Crippen LogP contribution in [0.25, 0.3) is 16.9 Å². The molecule has 0 aliphatic heterocycles. The van der Waals surface area contributed by atoms with Gasteiger partial charge in [0.1, 0.15) is 6.54 Å². The fourth-order valence-corrected chi connectivity index (χ4v) is 2.64. The van der Waals surface area contributed by atoms with E-state index < -0.39 is 47.2 Å². The van der Waals surface area contributed by atoms with Crippen LogP contribution in [-0.4, -0.2) is 35.8 Å². The van der Waals surface area contributed by atoms with Crippen molar-refractivity contribution in [1.29, 1.82) is 0 Å². The van der Waals surface area contributed by atoms with Crippen molar-refractivity contribution in [3.8, 4) is 11.1 Å². The lowest BCUT2D eigenvalue weighted by molar-refractivity contribution is -0.287. The summed E-state index contributed by atoms with van der Waals surface area (Å²) in [6.45, 7) is -0.447. The number of aryl methyl sites for hydroxylation is 2. The Bertz CT molecular complexity index is 1130. The Hall–Kier alpha value is -2.93. The van der Waals surface area contributed by atoms with Crippen LogP contribution in [0.1, 0.15) is 11.4 Å². The van der Waals surface area contributed by atoms with Gasteiger partial charge in [-0.1, -0.05) is 0 Å². The smallest absolute Gasteiger partial charge is 0.317 e. The summed E-state index contributed by atoms with van der Waals surface area (Å²) in [6.07, 6.45) is -8.65. The molecule has 0 atom stereocenters. The maximum absolute atomic E-state index is 13.5. The minimum absolute atomic E-state index is 0.119.